The number of rotatable bonds is 4. The molecule has 9 heteroatoms. The summed E-state index contributed by atoms with van der Waals surface area (Å²) < 4.78 is 12.0. The molecule has 0 radical (unpaired) electrons. The number of imidazole rings is 1. The Balaban J connectivity index is 1.99. The van der Waals surface area contributed by atoms with Crippen molar-refractivity contribution in [2.45, 2.75) is 19.8 Å². The molecule has 0 atom stereocenters. The lowest BCUT2D eigenvalue weighted by atomic mass is 10.2. The van der Waals surface area contributed by atoms with Crippen molar-refractivity contribution in [3.05, 3.63) is 40.2 Å². The van der Waals surface area contributed by atoms with Gasteiger partial charge in [-0.15, -0.1) is 0 Å². The molecule has 3 N–H and O–H groups in total. The van der Waals surface area contributed by atoms with E-state index in [0.717, 1.165) is 6.42 Å². The maximum absolute atomic E-state index is 12.5. The molecule has 128 valence electrons. The minimum Gasteiger partial charge on any atom is -0.454 e. The lowest BCUT2D eigenvalue weighted by Gasteiger charge is -2.06. The van der Waals surface area contributed by atoms with Crippen molar-refractivity contribution in [2.75, 3.05) is 6.79 Å². The first-order chi connectivity index (χ1) is 12.1. The van der Waals surface area contributed by atoms with Gasteiger partial charge in [-0.3, -0.25) is 4.79 Å². The smallest absolute Gasteiger partial charge is 0.332 e. The van der Waals surface area contributed by atoms with Crippen LogP contribution in [0.3, 0.4) is 0 Å². The van der Waals surface area contributed by atoms with E-state index >= 15 is 0 Å². The van der Waals surface area contributed by atoms with Crippen molar-refractivity contribution in [3.8, 4) is 17.2 Å². The van der Waals surface area contributed by atoms with Crippen LogP contribution in [0.15, 0.2) is 23.0 Å². The number of fused-ring (bicyclic) bond motifs is 2. The Morgan fingerprint density at radius 2 is 2.12 bits per heavy atom. The zero-order chi connectivity index (χ0) is 17.6. The van der Waals surface area contributed by atoms with Gasteiger partial charge >= 0.3 is 5.69 Å². The molecular weight excluding hydrogens is 326 g/mol. The number of nitrogens with two attached hydrogens (primary N) is 1. The lowest BCUT2D eigenvalue weighted by Crippen LogP contribution is -2.16. The van der Waals surface area contributed by atoms with Crippen molar-refractivity contribution in [2.24, 2.45) is 5.73 Å². The summed E-state index contributed by atoms with van der Waals surface area (Å²) in [5, 5.41) is 0. The van der Waals surface area contributed by atoms with Crippen LogP contribution in [-0.4, -0.2) is 32.2 Å². The average Bonchev–Trinajstić information content (AvgIpc) is 3.16. The Hall–Kier alpha value is -3.36. The maximum Gasteiger partial charge on any atom is 0.332 e. The van der Waals surface area contributed by atoms with Crippen LogP contribution in [0.25, 0.3) is 16.9 Å². The van der Waals surface area contributed by atoms with Crippen molar-refractivity contribution in [3.63, 3.8) is 0 Å². The van der Waals surface area contributed by atoms with Crippen LogP contribution in [-0.2, 0) is 6.42 Å². The molecule has 0 unspecified atom stereocenters. The number of benzene rings is 1. The molecule has 1 amide bonds. The summed E-state index contributed by atoms with van der Waals surface area (Å²) in [5.74, 6) is 0.883. The van der Waals surface area contributed by atoms with Crippen LogP contribution in [0.4, 0.5) is 0 Å². The molecule has 0 fully saturated rings. The summed E-state index contributed by atoms with van der Waals surface area (Å²) in [6.45, 7) is 2.11. The molecule has 0 bridgehead atoms. The van der Waals surface area contributed by atoms with Crippen molar-refractivity contribution in [1.29, 1.82) is 0 Å². The van der Waals surface area contributed by atoms with E-state index in [9.17, 15) is 9.59 Å². The van der Waals surface area contributed by atoms with Crippen LogP contribution < -0.4 is 20.9 Å². The number of carbonyl (C=O) groups excluding carboxylic acids is 1. The third-order valence-electron chi connectivity index (χ3n) is 3.90. The molecule has 9 nitrogen and oxygen atoms in total. The number of hydrogen-bond acceptors (Lipinski definition) is 6. The van der Waals surface area contributed by atoms with Gasteiger partial charge < -0.3 is 20.2 Å². The average molecular weight is 341 g/mol. The van der Waals surface area contributed by atoms with Crippen LogP contribution in [0.2, 0.25) is 0 Å². The van der Waals surface area contributed by atoms with E-state index in [1.165, 1.54) is 4.57 Å². The van der Waals surface area contributed by atoms with Gasteiger partial charge in [0.25, 0.3) is 5.91 Å². The quantitative estimate of drug-likeness (QED) is 0.726. The number of amides is 1. The van der Waals surface area contributed by atoms with Gasteiger partial charge in [0.2, 0.25) is 6.79 Å². The van der Waals surface area contributed by atoms with Crippen molar-refractivity contribution in [1.82, 2.24) is 19.5 Å². The normalized spacial score (nSPS) is 12.7. The number of aryl methyl sites for hydroxylation is 1. The molecule has 1 aliphatic heterocycles. The second kappa shape index (κ2) is 5.62. The Morgan fingerprint density at radius 1 is 1.32 bits per heavy atom. The van der Waals surface area contributed by atoms with Gasteiger partial charge in [-0.1, -0.05) is 6.92 Å². The van der Waals surface area contributed by atoms with Gasteiger partial charge in [-0.25, -0.2) is 19.3 Å². The highest BCUT2D eigenvalue weighted by Gasteiger charge is 2.21. The third kappa shape index (κ3) is 2.40. The third-order valence-corrected chi connectivity index (χ3v) is 3.90. The lowest BCUT2D eigenvalue weighted by molar-refractivity contribution is 0.0996. The largest absolute Gasteiger partial charge is 0.454 e. The molecule has 25 heavy (non-hydrogen) atoms. The van der Waals surface area contributed by atoms with Crippen LogP contribution in [0, 0.1) is 0 Å². The molecule has 1 aliphatic rings. The van der Waals surface area contributed by atoms with Crippen LogP contribution in [0.1, 0.15) is 29.7 Å². The van der Waals surface area contributed by atoms with E-state index in [2.05, 4.69) is 15.0 Å². The van der Waals surface area contributed by atoms with Gasteiger partial charge in [0.1, 0.15) is 11.3 Å². The topological polar surface area (TPSA) is 125 Å². The Bertz CT molecular complexity index is 1050. The molecule has 0 aliphatic carbocycles. The Kier molecular flexibility index (Phi) is 3.41. The van der Waals surface area contributed by atoms with Crippen LogP contribution in [0.5, 0.6) is 11.5 Å². The van der Waals surface area contributed by atoms with Crippen molar-refractivity contribution >= 4 is 17.1 Å². The number of aromatic amines is 1. The maximum atomic E-state index is 12.5. The fourth-order valence-electron chi connectivity index (χ4n) is 2.81. The number of H-pyrrole nitrogens is 1. The van der Waals surface area contributed by atoms with Gasteiger partial charge in [-0.05, 0) is 18.6 Å². The minimum atomic E-state index is -0.719. The van der Waals surface area contributed by atoms with Gasteiger partial charge in [0.05, 0.1) is 5.69 Å². The first-order valence-electron chi connectivity index (χ1n) is 7.80. The van der Waals surface area contributed by atoms with E-state index in [-0.39, 0.29) is 18.0 Å². The summed E-state index contributed by atoms with van der Waals surface area (Å²) in [4.78, 5) is 35.5. The van der Waals surface area contributed by atoms with Crippen LogP contribution >= 0.6 is 0 Å². The fraction of sp³-hybridized carbons (Fsp3) is 0.250. The zero-order valence-corrected chi connectivity index (χ0v) is 13.4. The van der Waals surface area contributed by atoms with Crippen molar-refractivity contribution < 1.29 is 14.3 Å². The summed E-state index contributed by atoms with van der Waals surface area (Å²) >= 11 is 0. The number of carbonyl (C=O) groups is 1. The zero-order valence-electron chi connectivity index (χ0n) is 13.4. The van der Waals surface area contributed by atoms with E-state index in [0.29, 0.717) is 35.1 Å². The fourth-order valence-corrected chi connectivity index (χ4v) is 2.81. The Labute approximate surface area is 141 Å². The molecule has 0 saturated carbocycles. The predicted octanol–water partition coefficient (Wildman–Crippen LogP) is 0.889. The molecule has 4 rings (SSSR count). The first kappa shape index (κ1) is 15.2. The number of nitrogens with zero attached hydrogens (tertiary/aromatic N) is 3. The van der Waals surface area contributed by atoms with E-state index in [1.54, 1.807) is 18.2 Å². The number of primary amides is 1. The minimum absolute atomic E-state index is 0.00467. The molecular formula is C16H15N5O4. The molecule has 0 spiro atoms. The summed E-state index contributed by atoms with van der Waals surface area (Å²) in [7, 11) is 0. The van der Waals surface area contributed by atoms with E-state index in [1.807, 2.05) is 6.92 Å². The van der Waals surface area contributed by atoms with E-state index in [4.69, 9.17) is 15.2 Å². The van der Waals surface area contributed by atoms with Gasteiger partial charge in [0.15, 0.2) is 22.8 Å². The number of hydrogen-bond donors (Lipinski definition) is 2. The summed E-state index contributed by atoms with van der Waals surface area (Å²) in [6, 6.07) is 5.11. The monoisotopic (exact) mass is 341 g/mol. The standard InChI is InChI=1S/C16H15N5O4/c1-2-3-11-18-12(14(17)22)13-15(19-11)21(16(23)20-13)8-4-5-9-10(6-8)25-7-24-9/h4-6H,2-3,7H2,1H3,(H2,17,22)(H,20,23). The number of aromatic nitrogens is 4. The summed E-state index contributed by atoms with van der Waals surface area (Å²) in [6.07, 6.45) is 1.36. The molecule has 3 aromatic rings. The van der Waals surface area contributed by atoms with E-state index < -0.39 is 11.6 Å². The number of ether oxygens (including phenoxy) is 2. The molecule has 3 heterocycles. The van der Waals surface area contributed by atoms with Gasteiger partial charge in [0, 0.05) is 12.5 Å². The molecule has 0 saturated heterocycles. The number of nitrogens with one attached hydrogen (secondary N) is 1. The highest BCUT2D eigenvalue weighted by molar-refractivity contribution is 6.01. The highest BCUT2D eigenvalue weighted by atomic mass is 16.7. The highest BCUT2D eigenvalue weighted by Crippen LogP contribution is 2.33. The van der Waals surface area contributed by atoms with Gasteiger partial charge in [-0.2, -0.15) is 0 Å². The predicted molar refractivity (Wildman–Crippen MR) is 88.1 cm³/mol. The summed E-state index contributed by atoms with van der Waals surface area (Å²) in [5.41, 5.74) is 6.04. The molecule has 1 aromatic carbocycles. The SMILES string of the molecule is CCCc1nc(C(N)=O)c2[nH]c(=O)n(-c3ccc4c(c3)OCO4)c2n1. The second-order valence-corrected chi connectivity index (χ2v) is 5.60. The first-order valence-corrected chi connectivity index (χ1v) is 7.80. The second-order valence-electron chi connectivity index (χ2n) is 5.60. The molecule has 2 aromatic heterocycles. The Morgan fingerprint density at radius 3 is 2.88 bits per heavy atom.